The Morgan fingerprint density at radius 2 is 1.95 bits per heavy atom. The average Bonchev–Trinajstić information content (AvgIpc) is 3.56. The van der Waals surface area contributed by atoms with Crippen LogP contribution in [-0.2, 0) is 24.6 Å². The molecule has 7 rings (SSSR count). The highest BCUT2D eigenvalue weighted by Gasteiger charge is 2.54. The second kappa shape index (κ2) is 10.9. The zero-order valence-electron chi connectivity index (χ0n) is 25.7. The van der Waals surface area contributed by atoms with Crippen LogP contribution in [0.15, 0.2) is 47.7 Å². The van der Waals surface area contributed by atoms with Gasteiger partial charge in [-0.05, 0) is 89.1 Å². The summed E-state index contributed by atoms with van der Waals surface area (Å²) in [7, 11) is 1.75. The second-order valence-electron chi connectivity index (χ2n) is 13.5. The minimum absolute atomic E-state index is 0.0843. The van der Waals surface area contributed by atoms with Crippen LogP contribution in [-0.4, -0.2) is 55.8 Å². The molecule has 0 radical (unpaired) electrons. The summed E-state index contributed by atoms with van der Waals surface area (Å²) in [4.78, 5) is 40.8. The summed E-state index contributed by atoms with van der Waals surface area (Å²) < 4.78 is 8.53. The molecule has 1 aliphatic carbocycles. The van der Waals surface area contributed by atoms with Crippen molar-refractivity contribution in [1.82, 2.24) is 19.4 Å². The molecule has 1 aromatic carbocycles. The number of halogens is 1. The van der Waals surface area contributed by atoms with Crippen LogP contribution in [0.4, 0.5) is 10.5 Å². The van der Waals surface area contributed by atoms with E-state index >= 15 is 0 Å². The second-order valence-corrected chi connectivity index (χ2v) is 15.1. The number of nitrogens with zero attached hydrogens (tertiary/aromatic N) is 5. The smallest absolute Gasteiger partial charge is 0.410 e. The van der Waals surface area contributed by atoms with Crippen molar-refractivity contribution in [1.29, 1.82) is 0 Å². The summed E-state index contributed by atoms with van der Waals surface area (Å²) in [6.45, 7) is 7.39. The van der Waals surface area contributed by atoms with Crippen LogP contribution in [0.1, 0.15) is 69.0 Å². The number of aryl methyl sites for hydroxylation is 2. The van der Waals surface area contributed by atoms with Gasteiger partial charge in [0.25, 0.3) is 5.56 Å². The molecule has 0 bridgehead atoms. The van der Waals surface area contributed by atoms with Gasteiger partial charge in [0.1, 0.15) is 11.3 Å². The van der Waals surface area contributed by atoms with Gasteiger partial charge in [0.05, 0.1) is 10.2 Å². The summed E-state index contributed by atoms with van der Waals surface area (Å²) in [6, 6.07) is 8.54. The van der Waals surface area contributed by atoms with E-state index < -0.39 is 5.60 Å². The summed E-state index contributed by atoms with van der Waals surface area (Å²) in [5.41, 5.74) is 5.34. The first kappa shape index (κ1) is 29.3. The van der Waals surface area contributed by atoms with E-state index in [1.807, 2.05) is 31.9 Å². The number of likely N-dealkylation sites (tertiary alicyclic amines) is 1. The Labute approximate surface area is 266 Å². The normalized spacial score (nSPS) is 19.3. The fraction of sp³-hybridized carbons (Fsp3) is 0.471. The van der Waals surface area contributed by atoms with Gasteiger partial charge in [-0.3, -0.25) is 14.8 Å². The fourth-order valence-corrected chi connectivity index (χ4v) is 8.69. The summed E-state index contributed by atoms with van der Waals surface area (Å²) in [6.07, 6.45) is 11.6. The Balaban J connectivity index is 1.28. The topological polar surface area (TPSA) is 80.6 Å². The van der Waals surface area contributed by atoms with Crippen LogP contribution in [0, 0.1) is 0 Å². The first-order chi connectivity index (χ1) is 21.0. The molecule has 1 spiro atoms. The summed E-state index contributed by atoms with van der Waals surface area (Å²) in [5, 5.41) is 0.719. The third-order valence-corrected chi connectivity index (χ3v) is 10.8. The zero-order valence-corrected chi connectivity index (χ0v) is 27.3. The molecular formula is C34H38ClN5O3S. The number of fused-ring (bicyclic) bond motifs is 2. The van der Waals surface area contributed by atoms with Crippen molar-refractivity contribution in [2.45, 2.75) is 82.9 Å². The molecule has 1 atom stereocenters. The number of hydrogen-bond donors (Lipinski definition) is 0. The highest BCUT2D eigenvalue weighted by atomic mass is 35.5. The van der Waals surface area contributed by atoms with Gasteiger partial charge < -0.3 is 19.1 Å². The Bertz CT molecular complexity index is 1820. The highest BCUT2D eigenvalue weighted by Crippen LogP contribution is 2.50. The monoisotopic (exact) mass is 631 g/mol. The average molecular weight is 632 g/mol. The molecule has 44 heavy (non-hydrogen) atoms. The number of benzene rings is 1. The van der Waals surface area contributed by atoms with E-state index in [-0.39, 0.29) is 23.2 Å². The van der Waals surface area contributed by atoms with E-state index in [0.717, 1.165) is 76.3 Å². The number of pyridine rings is 1. The fourth-order valence-electron chi connectivity index (χ4n) is 7.30. The standard InChI is InChI=1S/C34H38ClN5O3S/c1-33(2,3)43-32(42)40-20-23(19-34(40)9-6-10-34)39-13-5-7-21-15-22(35)16-26(29(21)39)25-8-11-36-27-17-24(44-30(25)27)18-28-31(41)38(4)14-12-37-28/h8,11-12,14-17,23H,5-7,9-10,13,18-20H2,1-4H3. The van der Waals surface area contributed by atoms with Crippen molar-refractivity contribution in [3.63, 3.8) is 0 Å². The molecule has 2 aliphatic heterocycles. The van der Waals surface area contributed by atoms with E-state index in [2.05, 4.69) is 34.1 Å². The van der Waals surface area contributed by atoms with Gasteiger partial charge in [-0.15, -0.1) is 11.3 Å². The van der Waals surface area contributed by atoms with Crippen LogP contribution < -0.4 is 10.5 Å². The Morgan fingerprint density at radius 1 is 1.14 bits per heavy atom. The van der Waals surface area contributed by atoms with Gasteiger partial charge in [0.2, 0.25) is 0 Å². The summed E-state index contributed by atoms with van der Waals surface area (Å²) >= 11 is 8.45. The van der Waals surface area contributed by atoms with Gasteiger partial charge >= 0.3 is 6.09 Å². The number of ether oxygens (including phenoxy) is 1. The van der Waals surface area contributed by atoms with Crippen LogP contribution in [0.2, 0.25) is 5.02 Å². The lowest BCUT2D eigenvalue weighted by molar-refractivity contribution is -0.00979. The van der Waals surface area contributed by atoms with E-state index in [9.17, 15) is 9.59 Å². The highest BCUT2D eigenvalue weighted by molar-refractivity contribution is 7.19. The minimum atomic E-state index is -0.530. The molecule has 5 heterocycles. The zero-order chi connectivity index (χ0) is 30.8. The molecule has 2 fully saturated rings. The predicted octanol–water partition coefficient (Wildman–Crippen LogP) is 6.99. The van der Waals surface area contributed by atoms with E-state index in [1.165, 1.54) is 11.3 Å². The van der Waals surface area contributed by atoms with Crippen molar-refractivity contribution in [2.75, 3.05) is 18.0 Å². The number of anilines is 1. The molecule has 1 unspecified atom stereocenters. The van der Waals surface area contributed by atoms with Crippen molar-refractivity contribution in [3.05, 3.63) is 74.4 Å². The van der Waals surface area contributed by atoms with E-state index in [4.69, 9.17) is 21.3 Å². The molecule has 1 amide bonds. The quantitative estimate of drug-likeness (QED) is 0.242. The maximum Gasteiger partial charge on any atom is 0.410 e. The largest absolute Gasteiger partial charge is 0.444 e. The number of rotatable bonds is 4. The van der Waals surface area contributed by atoms with Gasteiger partial charge in [0, 0.05) is 83.4 Å². The molecule has 3 aliphatic rings. The maximum atomic E-state index is 13.4. The van der Waals surface area contributed by atoms with Gasteiger partial charge in [0.15, 0.2) is 0 Å². The number of hydrogen-bond acceptors (Lipinski definition) is 7. The van der Waals surface area contributed by atoms with Crippen molar-refractivity contribution >= 4 is 44.9 Å². The lowest BCUT2D eigenvalue weighted by Gasteiger charge is -2.45. The van der Waals surface area contributed by atoms with E-state index in [0.29, 0.717) is 18.7 Å². The predicted molar refractivity (Wildman–Crippen MR) is 176 cm³/mol. The molecule has 0 N–H and O–H groups in total. The Kier molecular flexibility index (Phi) is 7.24. The SMILES string of the molecule is Cn1ccnc(Cc2cc3nccc(-c4cc(Cl)cc5c4N(C4CN(C(=O)OC(C)(C)C)C6(CCC6)C4)CCC5)c3s2)c1=O. The molecule has 8 nitrogen and oxygen atoms in total. The molecular weight excluding hydrogens is 594 g/mol. The lowest BCUT2D eigenvalue weighted by Crippen LogP contribution is -2.53. The third-order valence-electron chi connectivity index (χ3n) is 9.39. The molecule has 3 aromatic heterocycles. The third kappa shape index (κ3) is 5.17. The molecule has 10 heteroatoms. The Morgan fingerprint density at radius 3 is 2.70 bits per heavy atom. The van der Waals surface area contributed by atoms with Crippen LogP contribution in [0.5, 0.6) is 0 Å². The number of aromatic nitrogens is 3. The van der Waals surface area contributed by atoms with Crippen LogP contribution >= 0.6 is 22.9 Å². The number of carbonyl (C=O) groups is 1. The van der Waals surface area contributed by atoms with E-state index in [1.54, 1.807) is 35.3 Å². The molecule has 230 valence electrons. The van der Waals surface area contributed by atoms with Crippen LogP contribution in [0.25, 0.3) is 21.3 Å². The number of thiophene rings is 1. The van der Waals surface area contributed by atoms with Gasteiger partial charge in [-0.25, -0.2) is 4.79 Å². The van der Waals surface area contributed by atoms with Crippen molar-refractivity contribution < 1.29 is 9.53 Å². The molecule has 4 aromatic rings. The number of amides is 1. The van der Waals surface area contributed by atoms with Gasteiger partial charge in [-0.1, -0.05) is 11.6 Å². The maximum absolute atomic E-state index is 13.4. The lowest BCUT2D eigenvalue weighted by atomic mass is 9.74. The first-order valence-electron chi connectivity index (χ1n) is 15.5. The van der Waals surface area contributed by atoms with Crippen molar-refractivity contribution in [3.8, 4) is 11.1 Å². The Hall–Kier alpha value is -3.43. The molecule has 1 saturated carbocycles. The summed E-state index contributed by atoms with van der Waals surface area (Å²) in [5.74, 6) is 0. The number of carbonyl (C=O) groups excluding carboxylic acids is 1. The van der Waals surface area contributed by atoms with Gasteiger partial charge in [-0.2, -0.15) is 0 Å². The van der Waals surface area contributed by atoms with Crippen molar-refractivity contribution in [2.24, 2.45) is 7.05 Å². The molecule has 1 saturated heterocycles. The van der Waals surface area contributed by atoms with Crippen LogP contribution in [0.3, 0.4) is 0 Å². The first-order valence-corrected chi connectivity index (χ1v) is 16.7. The minimum Gasteiger partial charge on any atom is -0.444 e.